The molecule has 0 aliphatic heterocycles. The first kappa shape index (κ1) is 17.7. The molecule has 0 saturated carbocycles. The van der Waals surface area contributed by atoms with Crippen LogP contribution in [0.2, 0.25) is 0 Å². The van der Waals surface area contributed by atoms with Crippen LogP contribution in [0.15, 0.2) is 46.9 Å². The third-order valence-corrected chi connectivity index (χ3v) is 5.04. The number of thioether (sulfide) groups is 1. The van der Waals surface area contributed by atoms with E-state index in [9.17, 15) is 4.79 Å². The Morgan fingerprint density at radius 1 is 1.12 bits per heavy atom. The van der Waals surface area contributed by atoms with Gasteiger partial charge in [0.1, 0.15) is 12.7 Å². The molecule has 7 heteroatoms. The Bertz CT molecular complexity index is 860. The minimum atomic E-state index is 0.0605. The van der Waals surface area contributed by atoms with E-state index in [0.29, 0.717) is 5.39 Å². The van der Waals surface area contributed by atoms with E-state index in [1.165, 1.54) is 19.2 Å². The van der Waals surface area contributed by atoms with Crippen molar-refractivity contribution >= 4 is 22.7 Å². The van der Waals surface area contributed by atoms with Gasteiger partial charge in [-0.25, -0.2) is 9.97 Å². The Morgan fingerprint density at radius 2 is 2.00 bits per heavy atom. The Labute approximate surface area is 151 Å². The highest BCUT2D eigenvalue weighted by molar-refractivity contribution is 7.99. The fourth-order valence-electron chi connectivity index (χ4n) is 2.73. The van der Waals surface area contributed by atoms with Crippen LogP contribution in [0.4, 0.5) is 0 Å². The number of rotatable bonds is 9. The smallest absolute Gasteiger partial charge is 0.262 e. The number of unbranched alkanes of at least 4 members (excludes halogenated alkanes) is 3. The zero-order valence-electron chi connectivity index (χ0n) is 14.5. The summed E-state index contributed by atoms with van der Waals surface area (Å²) in [5, 5.41) is 5.60. The molecule has 0 saturated heterocycles. The van der Waals surface area contributed by atoms with Gasteiger partial charge in [0.25, 0.3) is 5.56 Å². The van der Waals surface area contributed by atoms with E-state index < -0.39 is 0 Å². The molecule has 3 aromatic rings. The molecule has 0 radical (unpaired) electrons. The first-order valence-corrected chi connectivity index (χ1v) is 9.73. The summed E-state index contributed by atoms with van der Waals surface area (Å²) >= 11 is 1.60. The summed E-state index contributed by atoms with van der Waals surface area (Å²) in [6.45, 7) is 3.65. The molecule has 3 rings (SSSR count). The van der Waals surface area contributed by atoms with Gasteiger partial charge in [-0.2, -0.15) is 5.10 Å². The van der Waals surface area contributed by atoms with Gasteiger partial charge in [-0.3, -0.25) is 14.0 Å². The minimum Gasteiger partial charge on any atom is -0.287 e. The zero-order chi connectivity index (χ0) is 17.5. The van der Waals surface area contributed by atoms with E-state index in [2.05, 4.69) is 17.0 Å². The Balaban J connectivity index is 1.81. The summed E-state index contributed by atoms with van der Waals surface area (Å²) in [6.07, 6.45) is 7.76. The monoisotopic (exact) mass is 357 g/mol. The molecule has 2 aromatic heterocycles. The number of hydrogen-bond donors (Lipinski definition) is 0. The summed E-state index contributed by atoms with van der Waals surface area (Å²) in [6, 6.07) is 7.57. The van der Waals surface area contributed by atoms with E-state index in [1.807, 2.05) is 28.8 Å². The van der Waals surface area contributed by atoms with Crippen LogP contribution in [0.5, 0.6) is 0 Å². The van der Waals surface area contributed by atoms with Crippen LogP contribution in [0, 0.1) is 0 Å². The van der Waals surface area contributed by atoms with E-state index in [-0.39, 0.29) is 5.56 Å². The van der Waals surface area contributed by atoms with Crippen molar-refractivity contribution < 1.29 is 0 Å². The van der Waals surface area contributed by atoms with Crippen LogP contribution in [0.25, 0.3) is 10.9 Å². The van der Waals surface area contributed by atoms with Crippen LogP contribution >= 0.6 is 11.8 Å². The van der Waals surface area contributed by atoms with Crippen LogP contribution in [-0.4, -0.2) is 30.1 Å². The number of aromatic nitrogens is 5. The zero-order valence-corrected chi connectivity index (χ0v) is 15.3. The minimum absolute atomic E-state index is 0.0605. The molecular formula is C18H23N5OS. The Hall–Kier alpha value is -2.15. The molecule has 0 unspecified atom stereocenters. The summed E-state index contributed by atoms with van der Waals surface area (Å²) in [7, 11) is 0. The van der Waals surface area contributed by atoms with Gasteiger partial charge in [-0.05, 0) is 18.6 Å². The molecule has 0 aliphatic rings. The fourth-order valence-corrected chi connectivity index (χ4v) is 3.68. The lowest BCUT2D eigenvalue weighted by Crippen LogP contribution is -2.23. The number of benzene rings is 1. The van der Waals surface area contributed by atoms with Crippen LogP contribution in [0.3, 0.4) is 0 Å². The predicted molar refractivity (Wildman–Crippen MR) is 101 cm³/mol. The SMILES string of the molecule is CCCCCCn1c(SCCn2cncn2)nc2ccccc2c1=O. The maximum Gasteiger partial charge on any atom is 0.262 e. The van der Waals surface area contributed by atoms with Gasteiger partial charge in [0.2, 0.25) is 0 Å². The van der Waals surface area contributed by atoms with Gasteiger partial charge in [-0.15, -0.1) is 0 Å². The highest BCUT2D eigenvalue weighted by atomic mass is 32.2. The molecule has 0 atom stereocenters. The topological polar surface area (TPSA) is 65.6 Å². The summed E-state index contributed by atoms with van der Waals surface area (Å²) in [4.78, 5) is 21.6. The molecule has 0 aliphatic carbocycles. The van der Waals surface area contributed by atoms with E-state index in [0.717, 1.165) is 42.4 Å². The van der Waals surface area contributed by atoms with Gasteiger partial charge < -0.3 is 0 Å². The molecule has 0 amide bonds. The average molecular weight is 357 g/mol. The molecule has 6 nitrogen and oxygen atoms in total. The lowest BCUT2D eigenvalue weighted by Gasteiger charge is -2.13. The number of aryl methyl sites for hydroxylation is 1. The van der Waals surface area contributed by atoms with E-state index >= 15 is 0 Å². The van der Waals surface area contributed by atoms with Crippen molar-refractivity contribution in [1.82, 2.24) is 24.3 Å². The van der Waals surface area contributed by atoms with Gasteiger partial charge in [0.15, 0.2) is 5.16 Å². The summed E-state index contributed by atoms with van der Waals surface area (Å²) < 4.78 is 3.63. The second-order valence-electron chi connectivity index (χ2n) is 5.94. The number of nitrogens with zero attached hydrogens (tertiary/aromatic N) is 5. The van der Waals surface area contributed by atoms with Crippen molar-refractivity contribution in [2.24, 2.45) is 0 Å². The molecule has 1 aromatic carbocycles. The third kappa shape index (κ3) is 4.48. The molecule has 0 N–H and O–H groups in total. The number of para-hydroxylation sites is 1. The fraction of sp³-hybridized carbons (Fsp3) is 0.444. The van der Waals surface area contributed by atoms with Gasteiger partial charge in [0, 0.05) is 12.3 Å². The predicted octanol–water partition coefficient (Wildman–Crippen LogP) is 3.36. The second kappa shape index (κ2) is 8.80. The van der Waals surface area contributed by atoms with Gasteiger partial charge >= 0.3 is 0 Å². The third-order valence-electron chi connectivity index (χ3n) is 4.08. The molecule has 2 heterocycles. The quantitative estimate of drug-likeness (QED) is 0.334. The lowest BCUT2D eigenvalue weighted by atomic mass is 10.2. The maximum atomic E-state index is 12.9. The Kier molecular flexibility index (Phi) is 6.22. The van der Waals surface area contributed by atoms with Crippen LogP contribution < -0.4 is 5.56 Å². The molecule has 0 spiro atoms. The normalized spacial score (nSPS) is 11.2. The average Bonchev–Trinajstić information content (AvgIpc) is 3.14. The van der Waals surface area contributed by atoms with Crippen molar-refractivity contribution in [3.8, 4) is 0 Å². The molecule has 0 bridgehead atoms. The van der Waals surface area contributed by atoms with E-state index in [1.54, 1.807) is 22.8 Å². The molecular weight excluding hydrogens is 334 g/mol. The highest BCUT2D eigenvalue weighted by Crippen LogP contribution is 2.18. The van der Waals surface area contributed by atoms with Gasteiger partial charge in [-0.1, -0.05) is 50.1 Å². The molecule has 25 heavy (non-hydrogen) atoms. The van der Waals surface area contributed by atoms with E-state index in [4.69, 9.17) is 4.98 Å². The number of fused-ring (bicyclic) bond motifs is 1. The number of hydrogen-bond acceptors (Lipinski definition) is 5. The van der Waals surface area contributed by atoms with Crippen LogP contribution in [-0.2, 0) is 13.1 Å². The van der Waals surface area contributed by atoms with Crippen LogP contribution in [0.1, 0.15) is 32.6 Å². The van der Waals surface area contributed by atoms with Crippen molar-refractivity contribution in [3.63, 3.8) is 0 Å². The van der Waals surface area contributed by atoms with Crippen molar-refractivity contribution in [2.75, 3.05) is 5.75 Å². The summed E-state index contributed by atoms with van der Waals surface area (Å²) in [5.74, 6) is 0.795. The molecule has 0 fully saturated rings. The molecule has 132 valence electrons. The Morgan fingerprint density at radius 3 is 2.80 bits per heavy atom. The first-order valence-electron chi connectivity index (χ1n) is 8.74. The van der Waals surface area contributed by atoms with Gasteiger partial charge in [0.05, 0.1) is 17.4 Å². The maximum absolute atomic E-state index is 12.9. The first-order chi connectivity index (χ1) is 12.3. The van der Waals surface area contributed by atoms with Crippen molar-refractivity contribution in [1.29, 1.82) is 0 Å². The highest BCUT2D eigenvalue weighted by Gasteiger charge is 2.11. The lowest BCUT2D eigenvalue weighted by molar-refractivity contribution is 0.531. The van der Waals surface area contributed by atoms with Crippen molar-refractivity contribution in [3.05, 3.63) is 47.3 Å². The standard InChI is InChI=1S/C18H23N5OS/c1-2-3-4-7-10-23-17(24)15-8-5-6-9-16(15)21-18(23)25-12-11-22-14-19-13-20-22/h5-6,8-9,13-14H,2-4,7,10-12H2,1H3. The second-order valence-corrected chi connectivity index (χ2v) is 7.00. The largest absolute Gasteiger partial charge is 0.287 e. The summed E-state index contributed by atoms with van der Waals surface area (Å²) in [5.41, 5.74) is 0.825. The van der Waals surface area contributed by atoms with Crippen molar-refractivity contribution in [2.45, 2.75) is 50.9 Å².